The highest BCUT2D eigenvalue weighted by atomic mass is 35.5. The van der Waals surface area contributed by atoms with Gasteiger partial charge in [0, 0.05) is 41.9 Å². The fourth-order valence-electron chi connectivity index (χ4n) is 2.43. The molecule has 1 aromatic rings. The van der Waals surface area contributed by atoms with Crippen molar-refractivity contribution in [2.45, 2.75) is 24.3 Å². The molecule has 15 heavy (non-hydrogen) atoms. The molecule has 2 aliphatic rings. The van der Waals surface area contributed by atoms with Crippen molar-refractivity contribution in [3.63, 3.8) is 0 Å². The summed E-state index contributed by atoms with van der Waals surface area (Å²) in [6.45, 7) is 2.19. The Labute approximate surface area is 99.0 Å². The van der Waals surface area contributed by atoms with Crippen LogP contribution in [0.2, 0.25) is 5.15 Å². The summed E-state index contributed by atoms with van der Waals surface area (Å²) in [5, 5.41) is 1.53. The standard InChI is InChI=1S/C11H13ClN2S/c12-11-8(2-1-3-13-11)5-14-6-10-4-9(14)7-15-10/h1-3,9-10H,4-7H2. The second-order valence-corrected chi connectivity index (χ2v) is 5.92. The van der Waals surface area contributed by atoms with Gasteiger partial charge >= 0.3 is 0 Å². The Morgan fingerprint density at radius 2 is 2.53 bits per heavy atom. The van der Waals surface area contributed by atoms with Gasteiger partial charge in [-0.25, -0.2) is 4.98 Å². The predicted octanol–water partition coefficient (Wildman–Crippen LogP) is 2.42. The molecule has 0 radical (unpaired) electrons. The average Bonchev–Trinajstić information content (AvgIpc) is 2.83. The highest BCUT2D eigenvalue weighted by molar-refractivity contribution is 8.00. The van der Waals surface area contributed by atoms with Gasteiger partial charge in [0.1, 0.15) is 5.15 Å². The summed E-state index contributed by atoms with van der Waals surface area (Å²) < 4.78 is 0. The first kappa shape index (κ1) is 9.94. The normalized spacial score (nSPS) is 29.9. The molecule has 80 valence electrons. The molecule has 2 fully saturated rings. The first-order valence-corrected chi connectivity index (χ1v) is 6.70. The van der Waals surface area contributed by atoms with E-state index >= 15 is 0 Å². The third kappa shape index (κ3) is 1.88. The molecule has 0 spiro atoms. The molecule has 2 atom stereocenters. The lowest BCUT2D eigenvalue weighted by Crippen LogP contribution is -2.33. The lowest BCUT2D eigenvalue weighted by atomic mass is 10.2. The number of aromatic nitrogens is 1. The number of likely N-dealkylation sites (tertiary alicyclic amines) is 1. The van der Waals surface area contributed by atoms with E-state index in [0.29, 0.717) is 5.15 Å². The zero-order valence-corrected chi connectivity index (χ0v) is 9.97. The second-order valence-electron chi connectivity index (χ2n) is 4.23. The Morgan fingerprint density at radius 1 is 1.60 bits per heavy atom. The summed E-state index contributed by atoms with van der Waals surface area (Å²) in [4.78, 5) is 6.66. The Morgan fingerprint density at radius 3 is 3.20 bits per heavy atom. The summed E-state index contributed by atoms with van der Waals surface area (Å²) in [6.07, 6.45) is 3.11. The van der Waals surface area contributed by atoms with Crippen LogP contribution in [0.1, 0.15) is 12.0 Å². The largest absolute Gasteiger partial charge is 0.294 e. The molecule has 4 heteroatoms. The molecule has 3 rings (SSSR count). The summed E-state index contributed by atoms with van der Waals surface area (Å²) in [5.41, 5.74) is 1.16. The van der Waals surface area contributed by atoms with Gasteiger partial charge in [-0.2, -0.15) is 11.8 Å². The van der Waals surface area contributed by atoms with E-state index in [2.05, 4.69) is 27.7 Å². The molecule has 2 aliphatic heterocycles. The van der Waals surface area contributed by atoms with Crippen LogP contribution in [0.15, 0.2) is 18.3 Å². The van der Waals surface area contributed by atoms with Gasteiger partial charge in [0.25, 0.3) is 0 Å². The Balaban J connectivity index is 1.73. The molecule has 0 N–H and O–H groups in total. The molecule has 2 unspecified atom stereocenters. The summed E-state index contributed by atoms with van der Waals surface area (Å²) in [5.74, 6) is 1.29. The number of hydrogen-bond donors (Lipinski definition) is 0. The van der Waals surface area contributed by atoms with Crippen molar-refractivity contribution in [3.8, 4) is 0 Å². The summed E-state index contributed by atoms with van der Waals surface area (Å²) in [7, 11) is 0. The quantitative estimate of drug-likeness (QED) is 0.739. The Hall–Kier alpha value is -0.250. The van der Waals surface area contributed by atoms with Crippen molar-refractivity contribution >= 4 is 23.4 Å². The minimum atomic E-state index is 0.660. The first-order chi connectivity index (χ1) is 7.33. The lowest BCUT2D eigenvalue weighted by Gasteiger charge is -2.26. The molecule has 0 aliphatic carbocycles. The number of hydrogen-bond acceptors (Lipinski definition) is 3. The van der Waals surface area contributed by atoms with Gasteiger partial charge in [-0.05, 0) is 12.5 Å². The van der Waals surface area contributed by atoms with E-state index in [1.807, 2.05) is 6.07 Å². The Bertz CT molecular complexity index is 371. The highest BCUT2D eigenvalue weighted by Crippen LogP contribution is 2.38. The van der Waals surface area contributed by atoms with Gasteiger partial charge in [-0.3, -0.25) is 4.90 Å². The van der Waals surface area contributed by atoms with Gasteiger partial charge in [-0.15, -0.1) is 0 Å². The van der Waals surface area contributed by atoms with Crippen molar-refractivity contribution in [2.75, 3.05) is 12.3 Å². The number of thioether (sulfide) groups is 1. The Kier molecular flexibility index (Phi) is 2.63. The number of halogens is 1. The minimum absolute atomic E-state index is 0.660. The number of pyridine rings is 1. The van der Waals surface area contributed by atoms with Crippen LogP contribution in [0, 0.1) is 0 Å². The van der Waals surface area contributed by atoms with Crippen molar-refractivity contribution in [2.24, 2.45) is 0 Å². The third-order valence-electron chi connectivity index (χ3n) is 3.22. The van der Waals surface area contributed by atoms with Crippen LogP contribution >= 0.6 is 23.4 Å². The summed E-state index contributed by atoms with van der Waals surface area (Å²) in [6, 6.07) is 4.81. The lowest BCUT2D eigenvalue weighted by molar-refractivity contribution is 0.261. The molecule has 0 amide bonds. The number of rotatable bonds is 2. The molecule has 0 aromatic carbocycles. The van der Waals surface area contributed by atoms with E-state index in [-0.39, 0.29) is 0 Å². The zero-order valence-electron chi connectivity index (χ0n) is 8.40. The minimum Gasteiger partial charge on any atom is -0.294 e. The first-order valence-electron chi connectivity index (χ1n) is 5.28. The second kappa shape index (κ2) is 3.96. The van der Waals surface area contributed by atoms with Crippen molar-refractivity contribution in [3.05, 3.63) is 29.0 Å². The smallest absolute Gasteiger partial charge is 0.133 e. The molecule has 2 nitrogen and oxygen atoms in total. The van der Waals surface area contributed by atoms with Gasteiger partial charge in [0.15, 0.2) is 0 Å². The molecular formula is C11H13ClN2S. The van der Waals surface area contributed by atoms with Gasteiger partial charge < -0.3 is 0 Å². The van der Waals surface area contributed by atoms with Crippen LogP contribution in [-0.2, 0) is 6.54 Å². The predicted molar refractivity (Wildman–Crippen MR) is 64.3 cm³/mol. The maximum Gasteiger partial charge on any atom is 0.133 e. The van der Waals surface area contributed by atoms with Crippen LogP contribution in [0.25, 0.3) is 0 Å². The van der Waals surface area contributed by atoms with Gasteiger partial charge in [0.05, 0.1) is 0 Å². The molecule has 0 saturated carbocycles. The molecule has 2 saturated heterocycles. The van der Waals surface area contributed by atoms with E-state index < -0.39 is 0 Å². The monoisotopic (exact) mass is 240 g/mol. The third-order valence-corrected chi connectivity index (χ3v) is 4.95. The maximum atomic E-state index is 6.06. The fraction of sp³-hybridized carbons (Fsp3) is 0.545. The van der Waals surface area contributed by atoms with Crippen LogP contribution in [0.4, 0.5) is 0 Å². The van der Waals surface area contributed by atoms with Crippen LogP contribution in [-0.4, -0.2) is 33.5 Å². The van der Waals surface area contributed by atoms with Gasteiger partial charge in [0.2, 0.25) is 0 Å². The van der Waals surface area contributed by atoms with E-state index in [1.165, 1.54) is 18.7 Å². The van der Waals surface area contributed by atoms with Crippen LogP contribution < -0.4 is 0 Å². The topological polar surface area (TPSA) is 16.1 Å². The van der Waals surface area contributed by atoms with Crippen molar-refractivity contribution < 1.29 is 0 Å². The summed E-state index contributed by atoms with van der Waals surface area (Å²) >= 11 is 8.18. The van der Waals surface area contributed by atoms with Gasteiger partial charge in [-0.1, -0.05) is 17.7 Å². The van der Waals surface area contributed by atoms with Crippen molar-refractivity contribution in [1.29, 1.82) is 0 Å². The van der Waals surface area contributed by atoms with E-state index in [0.717, 1.165) is 23.4 Å². The van der Waals surface area contributed by atoms with Crippen LogP contribution in [0.5, 0.6) is 0 Å². The highest BCUT2D eigenvalue weighted by Gasteiger charge is 2.38. The maximum absolute atomic E-state index is 6.06. The van der Waals surface area contributed by atoms with E-state index in [1.54, 1.807) is 6.20 Å². The number of nitrogens with zero attached hydrogens (tertiary/aromatic N) is 2. The molecular weight excluding hydrogens is 228 g/mol. The molecule has 3 heterocycles. The average molecular weight is 241 g/mol. The molecule has 1 aromatic heterocycles. The van der Waals surface area contributed by atoms with Crippen LogP contribution in [0.3, 0.4) is 0 Å². The zero-order chi connectivity index (χ0) is 10.3. The SMILES string of the molecule is Clc1ncccc1CN1CC2CC1CS2. The fourth-order valence-corrected chi connectivity index (χ4v) is 4.10. The van der Waals surface area contributed by atoms with E-state index in [9.17, 15) is 0 Å². The number of fused-ring (bicyclic) bond motifs is 2. The molecule has 2 bridgehead atoms. The van der Waals surface area contributed by atoms with E-state index in [4.69, 9.17) is 11.6 Å². The van der Waals surface area contributed by atoms with Crippen molar-refractivity contribution in [1.82, 2.24) is 9.88 Å².